The van der Waals surface area contributed by atoms with Crippen LogP contribution in [0.1, 0.15) is 5.56 Å². The average molecular weight is 274 g/mol. The fourth-order valence-corrected chi connectivity index (χ4v) is 2.57. The van der Waals surface area contributed by atoms with Crippen molar-refractivity contribution in [2.75, 3.05) is 19.5 Å². The van der Waals surface area contributed by atoms with E-state index >= 15 is 0 Å². The van der Waals surface area contributed by atoms with Gasteiger partial charge in [-0.2, -0.15) is 0 Å². The summed E-state index contributed by atoms with van der Waals surface area (Å²) in [5, 5.41) is 17.2. The number of hydrogen-bond donors (Lipinski definition) is 2. The predicted molar refractivity (Wildman–Crippen MR) is 67.8 cm³/mol. The molecule has 1 aromatic rings. The average Bonchev–Trinajstić information content (AvgIpc) is 2.34. The molecule has 2 N–H and O–H groups in total. The molecule has 0 spiro atoms. The van der Waals surface area contributed by atoms with Gasteiger partial charge in [0.1, 0.15) is 5.25 Å². The van der Waals surface area contributed by atoms with E-state index in [1.54, 1.807) is 0 Å². The molecule has 0 bridgehead atoms. The van der Waals surface area contributed by atoms with E-state index in [-0.39, 0.29) is 6.61 Å². The van der Waals surface area contributed by atoms with Crippen LogP contribution in [0.4, 0.5) is 0 Å². The summed E-state index contributed by atoms with van der Waals surface area (Å²) in [7, 11) is -3.47. The van der Waals surface area contributed by atoms with Gasteiger partial charge in [0, 0.05) is 6.26 Å². The van der Waals surface area contributed by atoms with Crippen LogP contribution < -0.4 is 0 Å². The fraction of sp³-hybridized carbons (Fsp3) is 0.500. The zero-order chi connectivity index (χ0) is 13.6. The molecule has 0 aliphatic rings. The molecule has 0 saturated heterocycles. The second-order valence-corrected chi connectivity index (χ2v) is 6.33. The molecule has 18 heavy (non-hydrogen) atoms. The molecular formula is C12H18O5S. The maximum atomic E-state index is 11.4. The van der Waals surface area contributed by atoms with E-state index in [1.165, 1.54) is 0 Å². The molecule has 2 unspecified atom stereocenters. The number of benzene rings is 1. The summed E-state index contributed by atoms with van der Waals surface area (Å²) in [6.45, 7) is -0.831. The molecule has 0 aliphatic carbocycles. The van der Waals surface area contributed by atoms with Crippen molar-refractivity contribution >= 4 is 9.84 Å². The molecule has 0 heterocycles. The fourth-order valence-electron chi connectivity index (χ4n) is 1.58. The SMILES string of the molecule is CS(=O)(=O)C(CO)C(CO)OCc1ccccc1. The Labute approximate surface area is 107 Å². The zero-order valence-corrected chi connectivity index (χ0v) is 11.0. The lowest BCUT2D eigenvalue weighted by molar-refractivity contribution is -0.00773. The first kappa shape index (κ1) is 15.1. The summed E-state index contributed by atoms with van der Waals surface area (Å²) in [5.74, 6) is 0. The standard InChI is InChI=1S/C12H18O5S/c1-18(15,16)12(8-14)11(7-13)17-9-10-5-3-2-4-6-10/h2-6,11-14H,7-9H2,1H3. The zero-order valence-electron chi connectivity index (χ0n) is 10.2. The van der Waals surface area contributed by atoms with Crippen molar-refractivity contribution in [3.63, 3.8) is 0 Å². The third-order valence-electron chi connectivity index (χ3n) is 2.63. The van der Waals surface area contributed by atoms with Gasteiger partial charge in [0.2, 0.25) is 0 Å². The monoisotopic (exact) mass is 274 g/mol. The molecular weight excluding hydrogens is 256 g/mol. The summed E-state index contributed by atoms with van der Waals surface area (Å²) >= 11 is 0. The molecule has 0 fully saturated rings. The Kier molecular flexibility index (Phi) is 5.74. The first-order valence-electron chi connectivity index (χ1n) is 5.55. The molecule has 5 nitrogen and oxygen atoms in total. The number of hydrogen-bond acceptors (Lipinski definition) is 5. The Morgan fingerprint density at radius 1 is 1.17 bits per heavy atom. The predicted octanol–water partition coefficient (Wildman–Crippen LogP) is -0.0304. The van der Waals surface area contributed by atoms with E-state index in [9.17, 15) is 8.42 Å². The minimum Gasteiger partial charge on any atom is -0.395 e. The largest absolute Gasteiger partial charge is 0.395 e. The summed E-state index contributed by atoms with van der Waals surface area (Å²) in [5.41, 5.74) is 0.876. The molecule has 1 rings (SSSR count). The highest BCUT2D eigenvalue weighted by molar-refractivity contribution is 7.91. The number of ether oxygens (including phenoxy) is 1. The molecule has 6 heteroatoms. The molecule has 0 amide bonds. The Bertz CT molecular complexity index is 443. The molecule has 0 radical (unpaired) electrons. The minimum atomic E-state index is -3.47. The highest BCUT2D eigenvalue weighted by Gasteiger charge is 2.30. The molecule has 0 saturated carbocycles. The van der Waals surface area contributed by atoms with Crippen LogP contribution in [0.25, 0.3) is 0 Å². The number of rotatable bonds is 7. The molecule has 0 aliphatic heterocycles. The Morgan fingerprint density at radius 3 is 2.22 bits per heavy atom. The van der Waals surface area contributed by atoms with Gasteiger partial charge in [0.25, 0.3) is 0 Å². The van der Waals surface area contributed by atoms with E-state index in [2.05, 4.69) is 0 Å². The van der Waals surface area contributed by atoms with Crippen molar-refractivity contribution in [3.05, 3.63) is 35.9 Å². The summed E-state index contributed by atoms with van der Waals surface area (Å²) in [6, 6.07) is 9.21. The Hall–Kier alpha value is -0.950. The minimum absolute atomic E-state index is 0.193. The van der Waals surface area contributed by atoms with Crippen LogP contribution in [0.5, 0.6) is 0 Å². The van der Waals surface area contributed by atoms with Crippen LogP contribution in [0.3, 0.4) is 0 Å². The smallest absolute Gasteiger partial charge is 0.155 e. The van der Waals surface area contributed by atoms with Crippen molar-refractivity contribution in [2.24, 2.45) is 0 Å². The first-order valence-corrected chi connectivity index (χ1v) is 7.50. The van der Waals surface area contributed by atoms with Gasteiger partial charge in [-0.05, 0) is 5.56 Å². The van der Waals surface area contributed by atoms with Crippen LogP contribution in [0.2, 0.25) is 0 Å². The Morgan fingerprint density at radius 2 is 1.78 bits per heavy atom. The third kappa shape index (κ3) is 4.38. The molecule has 1 aromatic carbocycles. The second-order valence-electron chi connectivity index (χ2n) is 4.07. The van der Waals surface area contributed by atoms with E-state index < -0.39 is 34.4 Å². The van der Waals surface area contributed by atoms with Gasteiger partial charge < -0.3 is 14.9 Å². The van der Waals surface area contributed by atoms with E-state index in [4.69, 9.17) is 14.9 Å². The summed E-state index contributed by atoms with van der Waals surface area (Å²) in [4.78, 5) is 0. The quantitative estimate of drug-likeness (QED) is 0.729. The lowest BCUT2D eigenvalue weighted by Crippen LogP contribution is -2.40. The van der Waals surface area contributed by atoms with Gasteiger partial charge in [-0.3, -0.25) is 0 Å². The normalized spacial score (nSPS) is 15.3. The highest BCUT2D eigenvalue weighted by Crippen LogP contribution is 2.11. The Balaban J connectivity index is 2.67. The van der Waals surface area contributed by atoms with E-state index in [0.29, 0.717) is 0 Å². The van der Waals surface area contributed by atoms with Crippen LogP contribution >= 0.6 is 0 Å². The van der Waals surface area contributed by atoms with E-state index in [0.717, 1.165) is 11.8 Å². The number of sulfone groups is 1. The summed E-state index contributed by atoms with van der Waals surface area (Å²) in [6.07, 6.45) is 0.0906. The summed E-state index contributed by atoms with van der Waals surface area (Å²) < 4.78 is 28.2. The lowest BCUT2D eigenvalue weighted by Gasteiger charge is -2.22. The van der Waals surface area contributed by atoms with Gasteiger partial charge in [-0.15, -0.1) is 0 Å². The van der Waals surface area contributed by atoms with Gasteiger partial charge in [-0.1, -0.05) is 30.3 Å². The second kappa shape index (κ2) is 6.84. The van der Waals surface area contributed by atoms with Gasteiger partial charge in [0.15, 0.2) is 9.84 Å². The molecule has 2 atom stereocenters. The molecule has 0 aromatic heterocycles. The van der Waals surface area contributed by atoms with Gasteiger partial charge in [-0.25, -0.2) is 8.42 Å². The molecule has 102 valence electrons. The number of aliphatic hydroxyl groups is 2. The van der Waals surface area contributed by atoms with Crippen LogP contribution in [0.15, 0.2) is 30.3 Å². The van der Waals surface area contributed by atoms with Crippen LogP contribution in [0, 0.1) is 0 Å². The third-order valence-corrected chi connectivity index (χ3v) is 4.18. The van der Waals surface area contributed by atoms with Crippen molar-refractivity contribution in [3.8, 4) is 0 Å². The van der Waals surface area contributed by atoms with Crippen molar-refractivity contribution < 1.29 is 23.4 Å². The van der Waals surface area contributed by atoms with Gasteiger partial charge >= 0.3 is 0 Å². The van der Waals surface area contributed by atoms with E-state index in [1.807, 2.05) is 30.3 Å². The topological polar surface area (TPSA) is 83.8 Å². The van der Waals surface area contributed by atoms with Crippen LogP contribution in [-0.2, 0) is 21.2 Å². The lowest BCUT2D eigenvalue weighted by atomic mass is 10.2. The maximum absolute atomic E-state index is 11.4. The first-order chi connectivity index (χ1) is 8.49. The van der Waals surface area contributed by atoms with Crippen LogP contribution in [-0.4, -0.2) is 49.5 Å². The van der Waals surface area contributed by atoms with Crippen molar-refractivity contribution in [2.45, 2.75) is 18.0 Å². The maximum Gasteiger partial charge on any atom is 0.155 e. The van der Waals surface area contributed by atoms with Crippen molar-refractivity contribution in [1.29, 1.82) is 0 Å². The van der Waals surface area contributed by atoms with Crippen molar-refractivity contribution in [1.82, 2.24) is 0 Å². The highest BCUT2D eigenvalue weighted by atomic mass is 32.2. The van der Waals surface area contributed by atoms with Gasteiger partial charge in [0.05, 0.1) is 25.9 Å². The number of aliphatic hydroxyl groups excluding tert-OH is 2.